The Labute approximate surface area is 532 Å². The van der Waals surface area contributed by atoms with Crippen molar-refractivity contribution in [3.05, 3.63) is 146 Å². The molecule has 0 aromatic heterocycles. The van der Waals surface area contributed by atoms with Gasteiger partial charge in [-0.05, 0) is 109 Å². The number of carbonyl (C=O) groups is 1. The summed E-state index contributed by atoms with van der Waals surface area (Å²) in [5, 5.41) is 87.3. The van der Waals surface area contributed by atoms with E-state index in [1.807, 2.05) is 6.08 Å². The highest BCUT2D eigenvalue weighted by molar-refractivity contribution is 5.76. The van der Waals surface area contributed by atoms with Crippen LogP contribution in [0.2, 0.25) is 0 Å². The van der Waals surface area contributed by atoms with Crippen LogP contribution in [0.15, 0.2) is 146 Å². The minimum Gasteiger partial charge on any atom is -0.394 e. The first-order chi connectivity index (χ1) is 43.1. The first-order valence-electron chi connectivity index (χ1n) is 34.1. The van der Waals surface area contributed by atoms with E-state index < -0.39 is 86.8 Å². The lowest BCUT2D eigenvalue weighted by Crippen LogP contribution is -2.65. The van der Waals surface area contributed by atoms with Gasteiger partial charge in [0.25, 0.3) is 0 Å². The predicted octanol–water partition coefficient (Wildman–Crippen LogP) is 13.7. The molecular weight excluding hydrogens is 1110 g/mol. The van der Waals surface area contributed by atoms with Crippen LogP contribution in [0, 0.1) is 0 Å². The molecule has 0 aromatic rings. The molecule has 9 N–H and O–H groups in total. The number of aliphatic hydroxyl groups is 8. The van der Waals surface area contributed by atoms with Gasteiger partial charge < -0.3 is 65.1 Å². The summed E-state index contributed by atoms with van der Waals surface area (Å²) in [5.41, 5.74) is 0. The summed E-state index contributed by atoms with van der Waals surface area (Å²) in [5.74, 6) is -0.270. The van der Waals surface area contributed by atoms with Crippen LogP contribution in [0.5, 0.6) is 0 Å². The molecule has 2 aliphatic rings. The Morgan fingerprint density at radius 1 is 0.420 bits per heavy atom. The van der Waals surface area contributed by atoms with Crippen LogP contribution in [-0.2, 0) is 23.7 Å². The number of unbranched alkanes of at least 4 members (excludes halogenated alkanes) is 18. The normalized spacial score (nSPS) is 24.1. The molecule has 14 nitrogen and oxygen atoms in total. The Balaban J connectivity index is 1.69. The SMILES string of the molecule is CC/C=C\C/C=C\C/C=C\C/C=C\C/C=C\C/C=C\C/C=C\C/C=C\C/C=C\C/C=C\CCCCCCCCC(=O)NC(COC1OC(CO)C(OC2OC(CO)C(O)C(O)C2O)C(O)C1O)C(O)/C=C/CC/C=C/CCCCCCCCCCCCC. The second-order valence-electron chi connectivity index (χ2n) is 23.2. The first-order valence-corrected chi connectivity index (χ1v) is 34.1. The van der Waals surface area contributed by atoms with Crippen LogP contribution in [0.4, 0.5) is 0 Å². The minimum atomic E-state index is -1.80. The van der Waals surface area contributed by atoms with Crippen molar-refractivity contribution in [1.29, 1.82) is 0 Å². The zero-order valence-electron chi connectivity index (χ0n) is 54.2. The largest absolute Gasteiger partial charge is 0.394 e. The van der Waals surface area contributed by atoms with E-state index in [1.54, 1.807) is 6.08 Å². The fraction of sp³-hybridized carbons (Fsp3) is 0.662. The summed E-state index contributed by atoms with van der Waals surface area (Å²) in [6.07, 6.45) is 68.9. The average molecular weight is 1230 g/mol. The number of ether oxygens (including phenoxy) is 4. The van der Waals surface area contributed by atoms with Gasteiger partial charge >= 0.3 is 0 Å². The fourth-order valence-corrected chi connectivity index (χ4v) is 10.1. The van der Waals surface area contributed by atoms with Crippen molar-refractivity contribution in [2.75, 3.05) is 19.8 Å². The van der Waals surface area contributed by atoms with Gasteiger partial charge in [0, 0.05) is 6.42 Å². The lowest BCUT2D eigenvalue weighted by molar-refractivity contribution is -0.359. The van der Waals surface area contributed by atoms with Gasteiger partial charge in [-0.2, -0.15) is 0 Å². The molecule has 0 aromatic carbocycles. The van der Waals surface area contributed by atoms with Gasteiger partial charge in [-0.15, -0.1) is 0 Å². The van der Waals surface area contributed by atoms with Crippen molar-refractivity contribution in [1.82, 2.24) is 5.32 Å². The predicted molar refractivity (Wildman–Crippen MR) is 359 cm³/mol. The van der Waals surface area contributed by atoms with E-state index in [1.165, 1.54) is 70.6 Å². The minimum absolute atomic E-state index is 0.247. The number of aliphatic hydroxyl groups excluding tert-OH is 8. The monoisotopic (exact) mass is 1230 g/mol. The third-order valence-corrected chi connectivity index (χ3v) is 15.5. The summed E-state index contributed by atoms with van der Waals surface area (Å²) in [6.45, 7) is 2.64. The summed E-state index contributed by atoms with van der Waals surface area (Å²) in [7, 11) is 0. The number of allylic oxidation sites excluding steroid dienone is 23. The molecule has 12 unspecified atom stereocenters. The molecule has 14 heteroatoms. The van der Waals surface area contributed by atoms with Crippen molar-refractivity contribution < 1.29 is 64.6 Å². The molecule has 1 amide bonds. The molecule has 0 bridgehead atoms. The number of hydrogen-bond acceptors (Lipinski definition) is 13. The summed E-state index contributed by atoms with van der Waals surface area (Å²) in [4.78, 5) is 13.3. The lowest BCUT2D eigenvalue weighted by atomic mass is 9.97. The Kier molecular flexibility index (Phi) is 51.6. The molecule has 0 spiro atoms. The van der Waals surface area contributed by atoms with Gasteiger partial charge in [-0.3, -0.25) is 4.79 Å². The smallest absolute Gasteiger partial charge is 0.220 e. The Bertz CT molecular complexity index is 2040. The zero-order valence-corrected chi connectivity index (χ0v) is 54.2. The molecule has 2 fully saturated rings. The van der Waals surface area contributed by atoms with Crippen molar-refractivity contribution in [3.8, 4) is 0 Å². The van der Waals surface area contributed by atoms with Gasteiger partial charge in [0.2, 0.25) is 5.91 Å². The van der Waals surface area contributed by atoms with Gasteiger partial charge in [-0.1, -0.05) is 250 Å². The van der Waals surface area contributed by atoms with Gasteiger partial charge in [0.1, 0.15) is 48.8 Å². The van der Waals surface area contributed by atoms with E-state index >= 15 is 0 Å². The molecule has 500 valence electrons. The highest BCUT2D eigenvalue weighted by Gasteiger charge is 2.51. The van der Waals surface area contributed by atoms with E-state index in [0.717, 1.165) is 116 Å². The number of hydrogen-bond donors (Lipinski definition) is 9. The van der Waals surface area contributed by atoms with E-state index in [0.29, 0.717) is 12.8 Å². The summed E-state index contributed by atoms with van der Waals surface area (Å²) < 4.78 is 22.8. The van der Waals surface area contributed by atoms with Crippen molar-refractivity contribution in [3.63, 3.8) is 0 Å². The van der Waals surface area contributed by atoms with Gasteiger partial charge in [-0.25, -0.2) is 0 Å². The van der Waals surface area contributed by atoms with Crippen LogP contribution >= 0.6 is 0 Å². The van der Waals surface area contributed by atoms with Gasteiger partial charge in [0.15, 0.2) is 12.6 Å². The quantitative estimate of drug-likeness (QED) is 0.0204. The Morgan fingerprint density at radius 3 is 1.25 bits per heavy atom. The van der Waals surface area contributed by atoms with Crippen LogP contribution in [0.25, 0.3) is 0 Å². The Hall–Kier alpha value is -4.13. The fourth-order valence-electron chi connectivity index (χ4n) is 10.1. The number of carbonyl (C=O) groups excluding carboxylic acids is 1. The topological polar surface area (TPSA) is 228 Å². The average Bonchev–Trinajstić information content (AvgIpc) is 2.07. The first kappa shape index (κ1) is 80.0. The third-order valence-electron chi connectivity index (χ3n) is 15.5. The number of nitrogens with one attached hydrogen (secondary N) is 1. The van der Waals surface area contributed by atoms with Gasteiger partial charge in [0.05, 0.1) is 32.0 Å². The van der Waals surface area contributed by atoms with E-state index in [4.69, 9.17) is 18.9 Å². The van der Waals surface area contributed by atoms with Crippen LogP contribution in [0.3, 0.4) is 0 Å². The lowest BCUT2D eigenvalue weighted by Gasteiger charge is -2.46. The number of rotatable bonds is 53. The maximum atomic E-state index is 13.3. The molecular formula is C74H121NO13. The molecule has 2 saturated heterocycles. The van der Waals surface area contributed by atoms with E-state index in [-0.39, 0.29) is 18.9 Å². The van der Waals surface area contributed by atoms with Crippen molar-refractivity contribution in [2.24, 2.45) is 0 Å². The van der Waals surface area contributed by atoms with Crippen molar-refractivity contribution >= 4 is 5.91 Å². The second kappa shape index (κ2) is 56.8. The number of amides is 1. The summed E-state index contributed by atoms with van der Waals surface area (Å²) in [6, 6.07) is -0.951. The molecule has 0 saturated carbocycles. The molecule has 12 atom stereocenters. The second-order valence-corrected chi connectivity index (χ2v) is 23.2. The molecule has 2 heterocycles. The molecule has 2 aliphatic heterocycles. The molecule has 88 heavy (non-hydrogen) atoms. The highest BCUT2D eigenvalue weighted by Crippen LogP contribution is 2.30. The molecule has 0 aliphatic carbocycles. The standard InChI is InChI=1S/C74H121NO13/c1-3-5-7-9-11-13-15-17-19-21-22-23-24-25-26-27-28-29-30-31-32-33-34-35-36-37-38-39-40-42-44-46-48-50-52-54-56-58-66(79)75-62(63(78)57-55-53-51-49-47-45-43-41-20-18-16-14-12-10-8-6-4-2)61-85-73-71(84)69(82)72(65(60-77)87-73)88-74-70(83)68(81)67(80)64(59-76)86-74/h5,7,11,13,17,19,22-23,25-26,28-29,31-32,34-35,37-38,40,42,47,49,55,57,62-65,67-74,76-78,80-84H,3-4,6,8-10,12,14-16,18,20-21,24,27,30,33,36,39,41,43-46,48,50-54,56,58-61H2,1-2H3,(H,75,79)/b7-5-,13-11-,19-17-,23-22-,26-25-,29-28-,32-31-,35-34-,38-37-,42-40-,49-47+,57-55+. The maximum Gasteiger partial charge on any atom is 0.220 e. The highest BCUT2D eigenvalue weighted by atomic mass is 16.7. The molecule has 2 rings (SSSR count). The van der Waals surface area contributed by atoms with Crippen molar-refractivity contribution in [2.45, 2.75) is 293 Å². The van der Waals surface area contributed by atoms with E-state index in [9.17, 15) is 45.6 Å². The Morgan fingerprint density at radius 2 is 0.795 bits per heavy atom. The van der Waals surface area contributed by atoms with Crippen LogP contribution in [-0.4, -0.2) is 140 Å². The third kappa shape index (κ3) is 40.6. The zero-order chi connectivity index (χ0) is 63.8. The maximum absolute atomic E-state index is 13.3. The van der Waals surface area contributed by atoms with E-state index in [2.05, 4.69) is 153 Å². The summed E-state index contributed by atoms with van der Waals surface area (Å²) >= 11 is 0. The molecule has 0 radical (unpaired) electrons. The van der Waals surface area contributed by atoms with Crippen LogP contribution in [0.1, 0.15) is 219 Å². The van der Waals surface area contributed by atoms with Crippen LogP contribution < -0.4 is 5.32 Å².